The van der Waals surface area contributed by atoms with Crippen LogP contribution in [0.1, 0.15) is 31.0 Å². The summed E-state index contributed by atoms with van der Waals surface area (Å²) in [6, 6.07) is 7.18. The summed E-state index contributed by atoms with van der Waals surface area (Å²) in [7, 11) is 1.41. The molecule has 2 heterocycles. The molecule has 0 aromatic heterocycles. The van der Waals surface area contributed by atoms with E-state index in [1.807, 2.05) is 13.8 Å². The van der Waals surface area contributed by atoms with Crippen molar-refractivity contribution >= 4 is 33.4 Å². The topological polar surface area (TPSA) is 109 Å². The number of hydrogen-bond acceptors (Lipinski definition) is 8. The predicted octanol–water partition coefficient (Wildman–Crippen LogP) is 3.70. The molecule has 1 atom stereocenters. The molecular formula is C26H29BrN2O7. The van der Waals surface area contributed by atoms with Gasteiger partial charge < -0.3 is 34.2 Å². The Morgan fingerprint density at radius 2 is 1.83 bits per heavy atom. The number of phenolic OH excluding ortho intramolecular Hbond substituents is 1. The Labute approximate surface area is 218 Å². The largest absolute Gasteiger partial charge is 0.507 e. The van der Waals surface area contributed by atoms with Crippen molar-refractivity contribution in [2.75, 3.05) is 46.5 Å². The number of ether oxygens (including phenoxy) is 3. The number of aliphatic hydroxyl groups excluding tert-OH is 1. The van der Waals surface area contributed by atoms with E-state index < -0.39 is 17.7 Å². The summed E-state index contributed by atoms with van der Waals surface area (Å²) in [5.74, 6) is -0.734. The van der Waals surface area contributed by atoms with Gasteiger partial charge in [0.2, 0.25) is 0 Å². The number of hydrogen-bond donors (Lipinski definition) is 2. The summed E-state index contributed by atoms with van der Waals surface area (Å²) in [4.78, 5) is 30.2. The average Bonchev–Trinajstić information content (AvgIpc) is 3.15. The minimum absolute atomic E-state index is 0.0455. The fourth-order valence-electron chi connectivity index (χ4n) is 4.50. The van der Waals surface area contributed by atoms with Gasteiger partial charge in [-0.25, -0.2) is 0 Å². The van der Waals surface area contributed by atoms with Crippen LogP contribution < -0.4 is 14.2 Å². The maximum atomic E-state index is 13.3. The summed E-state index contributed by atoms with van der Waals surface area (Å²) < 4.78 is 16.8. The van der Waals surface area contributed by atoms with E-state index in [1.54, 1.807) is 30.3 Å². The molecule has 2 aromatic rings. The van der Waals surface area contributed by atoms with E-state index in [2.05, 4.69) is 20.8 Å². The smallest absolute Gasteiger partial charge is 0.295 e. The standard InChI is InChI=1S/C26H29BrN2O7/c1-4-28(5-2)8-9-29-22(16-12-17(27)24(31)20(14-16)34-3)21(25(32)26(29)33)23(30)15-6-7-18-19(13-15)36-11-10-35-18/h6-7,12-14,22,30-31H,4-5,8-11H2,1-3H3/b23-21+. The van der Waals surface area contributed by atoms with Crippen molar-refractivity contribution in [1.82, 2.24) is 9.80 Å². The molecule has 0 aliphatic carbocycles. The lowest BCUT2D eigenvalue weighted by Crippen LogP contribution is -2.38. The number of benzene rings is 2. The molecule has 0 radical (unpaired) electrons. The Kier molecular flexibility index (Phi) is 7.75. The van der Waals surface area contributed by atoms with Gasteiger partial charge in [-0.05, 0) is 64.9 Å². The number of amides is 1. The summed E-state index contributed by atoms with van der Waals surface area (Å²) in [6.45, 7) is 7.26. The monoisotopic (exact) mass is 560 g/mol. The first-order chi connectivity index (χ1) is 17.3. The molecule has 1 fully saturated rings. The number of ketones is 1. The fourth-order valence-corrected chi connectivity index (χ4v) is 4.96. The van der Waals surface area contributed by atoms with Gasteiger partial charge in [-0.1, -0.05) is 13.8 Å². The number of likely N-dealkylation sites (N-methyl/N-ethyl adjacent to an activating group) is 1. The second kappa shape index (κ2) is 10.8. The van der Waals surface area contributed by atoms with Crippen molar-refractivity contribution in [2.45, 2.75) is 19.9 Å². The fraction of sp³-hybridized carbons (Fsp3) is 0.385. The molecule has 2 aliphatic rings. The third-order valence-electron chi connectivity index (χ3n) is 6.49. The molecule has 9 nitrogen and oxygen atoms in total. The van der Waals surface area contributed by atoms with Crippen molar-refractivity contribution < 1.29 is 34.0 Å². The molecule has 10 heteroatoms. The molecule has 192 valence electrons. The molecule has 1 saturated heterocycles. The molecule has 1 amide bonds. The average molecular weight is 561 g/mol. The van der Waals surface area contributed by atoms with Crippen LogP contribution in [0.5, 0.6) is 23.0 Å². The van der Waals surface area contributed by atoms with Crippen molar-refractivity contribution in [2.24, 2.45) is 0 Å². The Morgan fingerprint density at radius 1 is 1.14 bits per heavy atom. The summed E-state index contributed by atoms with van der Waals surface area (Å²) in [5.41, 5.74) is 0.793. The number of Topliss-reactive ketones (excluding diaryl/α,β-unsaturated/α-hetero) is 1. The maximum Gasteiger partial charge on any atom is 0.295 e. The van der Waals surface area contributed by atoms with Crippen molar-refractivity contribution in [3.05, 3.63) is 51.5 Å². The normalized spacial score (nSPS) is 18.7. The number of carbonyl (C=O) groups excluding carboxylic acids is 2. The van der Waals surface area contributed by atoms with Crippen LogP contribution in [0, 0.1) is 0 Å². The highest BCUT2D eigenvalue weighted by atomic mass is 79.9. The number of fused-ring (bicyclic) bond motifs is 1. The van der Waals surface area contributed by atoms with Crippen LogP contribution in [0.15, 0.2) is 40.4 Å². The van der Waals surface area contributed by atoms with Crippen LogP contribution in [-0.2, 0) is 9.59 Å². The van der Waals surface area contributed by atoms with Gasteiger partial charge in [-0.15, -0.1) is 0 Å². The quantitative estimate of drug-likeness (QED) is 0.286. The lowest BCUT2D eigenvalue weighted by Gasteiger charge is -2.28. The number of halogens is 1. The van der Waals surface area contributed by atoms with Crippen molar-refractivity contribution in [3.8, 4) is 23.0 Å². The highest BCUT2D eigenvalue weighted by Gasteiger charge is 2.46. The molecule has 0 spiro atoms. The number of aliphatic hydroxyl groups is 1. The van der Waals surface area contributed by atoms with E-state index in [0.717, 1.165) is 13.1 Å². The van der Waals surface area contributed by atoms with Crippen LogP contribution in [0.4, 0.5) is 0 Å². The van der Waals surface area contributed by atoms with E-state index in [4.69, 9.17) is 14.2 Å². The molecule has 2 aliphatic heterocycles. The lowest BCUT2D eigenvalue weighted by atomic mass is 9.94. The van der Waals surface area contributed by atoms with Crippen LogP contribution in [0.25, 0.3) is 5.76 Å². The Bertz CT molecular complexity index is 1210. The third-order valence-corrected chi connectivity index (χ3v) is 7.10. The van der Waals surface area contributed by atoms with E-state index in [-0.39, 0.29) is 29.4 Å². The van der Waals surface area contributed by atoms with Gasteiger partial charge in [0.25, 0.3) is 11.7 Å². The zero-order chi connectivity index (χ0) is 26.0. The SMILES string of the molecule is CCN(CC)CCN1C(=O)C(=O)/C(=C(/O)c2ccc3c(c2)OCCO3)C1c1cc(Br)c(O)c(OC)c1. The first kappa shape index (κ1) is 25.8. The van der Waals surface area contributed by atoms with Gasteiger partial charge >= 0.3 is 0 Å². The number of rotatable bonds is 8. The number of nitrogens with zero attached hydrogens (tertiary/aromatic N) is 2. The molecule has 1 unspecified atom stereocenters. The third kappa shape index (κ3) is 4.75. The number of methoxy groups -OCH3 is 1. The van der Waals surface area contributed by atoms with E-state index in [9.17, 15) is 19.8 Å². The molecule has 2 aromatic carbocycles. The summed E-state index contributed by atoms with van der Waals surface area (Å²) >= 11 is 3.33. The minimum Gasteiger partial charge on any atom is -0.507 e. The van der Waals surface area contributed by atoms with Crippen LogP contribution >= 0.6 is 15.9 Å². The first-order valence-electron chi connectivity index (χ1n) is 11.8. The van der Waals surface area contributed by atoms with Gasteiger partial charge in [0.05, 0.1) is 23.2 Å². The second-order valence-electron chi connectivity index (χ2n) is 8.43. The molecule has 36 heavy (non-hydrogen) atoms. The van der Waals surface area contributed by atoms with Gasteiger partial charge in [-0.3, -0.25) is 9.59 Å². The summed E-state index contributed by atoms with van der Waals surface area (Å²) in [6.07, 6.45) is 0. The number of aromatic hydroxyl groups is 1. The lowest BCUT2D eigenvalue weighted by molar-refractivity contribution is -0.140. The molecule has 4 rings (SSSR count). The van der Waals surface area contributed by atoms with Crippen molar-refractivity contribution in [1.29, 1.82) is 0 Å². The van der Waals surface area contributed by atoms with Gasteiger partial charge in [-0.2, -0.15) is 0 Å². The van der Waals surface area contributed by atoms with Crippen LogP contribution in [-0.4, -0.2) is 78.2 Å². The number of phenols is 1. The highest BCUT2D eigenvalue weighted by molar-refractivity contribution is 9.10. The van der Waals surface area contributed by atoms with E-state index in [0.29, 0.717) is 46.9 Å². The molecule has 0 saturated carbocycles. The van der Waals surface area contributed by atoms with Gasteiger partial charge in [0, 0.05) is 18.7 Å². The Morgan fingerprint density at radius 3 is 2.50 bits per heavy atom. The zero-order valence-electron chi connectivity index (χ0n) is 20.4. The summed E-state index contributed by atoms with van der Waals surface area (Å²) in [5, 5.41) is 21.7. The Hall–Kier alpha value is -3.24. The van der Waals surface area contributed by atoms with Crippen LogP contribution in [0.3, 0.4) is 0 Å². The maximum absolute atomic E-state index is 13.3. The van der Waals surface area contributed by atoms with Gasteiger partial charge in [0.15, 0.2) is 23.0 Å². The number of likely N-dealkylation sites (tertiary alicyclic amines) is 1. The minimum atomic E-state index is -0.889. The number of carbonyl (C=O) groups is 2. The first-order valence-corrected chi connectivity index (χ1v) is 12.6. The highest BCUT2D eigenvalue weighted by Crippen LogP contribution is 2.45. The van der Waals surface area contributed by atoms with Crippen molar-refractivity contribution in [3.63, 3.8) is 0 Å². The molecule has 2 N–H and O–H groups in total. The van der Waals surface area contributed by atoms with E-state index >= 15 is 0 Å². The molecule has 0 bridgehead atoms. The second-order valence-corrected chi connectivity index (χ2v) is 9.29. The predicted molar refractivity (Wildman–Crippen MR) is 137 cm³/mol. The zero-order valence-corrected chi connectivity index (χ0v) is 22.0. The Balaban J connectivity index is 1.85. The van der Waals surface area contributed by atoms with Gasteiger partial charge in [0.1, 0.15) is 19.0 Å². The molecular weight excluding hydrogens is 532 g/mol. The van der Waals surface area contributed by atoms with Crippen LogP contribution in [0.2, 0.25) is 0 Å². The van der Waals surface area contributed by atoms with E-state index in [1.165, 1.54) is 12.0 Å².